The molecule has 2 aromatic rings. The van der Waals surface area contributed by atoms with Crippen LogP contribution >= 0.6 is 0 Å². The lowest BCUT2D eigenvalue weighted by molar-refractivity contribution is -0.141. The minimum Gasteiger partial charge on any atom is -0.480 e. The van der Waals surface area contributed by atoms with Gasteiger partial charge in [0.1, 0.15) is 5.41 Å². The minimum atomic E-state index is -1.18. The van der Waals surface area contributed by atoms with Gasteiger partial charge in [0.05, 0.1) is 12.1 Å². The van der Waals surface area contributed by atoms with E-state index >= 15 is 0 Å². The van der Waals surface area contributed by atoms with Crippen LogP contribution in [-0.4, -0.2) is 23.2 Å². The van der Waals surface area contributed by atoms with Crippen molar-refractivity contribution in [3.8, 4) is 24.7 Å². The minimum absolute atomic E-state index is 0.0540. The first-order valence-electron chi connectivity index (χ1n) is 9.78. The summed E-state index contributed by atoms with van der Waals surface area (Å²) in [5, 5.41) is 16.5. The Labute approximate surface area is 173 Å². The Morgan fingerprint density at radius 3 is 1.48 bits per heavy atom. The highest BCUT2D eigenvalue weighted by Crippen LogP contribution is 2.34. The van der Waals surface area contributed by atoms with Gasteiger partial charge in [-0.25, -0.2) is 0 Å². The van der Waals surface area contributed by atoms with Crippen LogP contribution in [0, 0.1) is 24.7 Å². The van der Waals surface area contributed by atoms with Crippen LogP contribution in [0.15, 0.2) is 48.5 Å². The maximum Gasteiger partial charge on any atom is 0.318 e. The Morgan fingerprint density at radius 2 is 1.24 bits per heavy atom. The van der Waals surface area contributed by atoms with Crippen molar-refractivity contribution < 1.29 is 9.90 Å². The molecule has 4 heteroatoms. The molecule has 0 spiro atoms. The van der Waals surface area contributed by atoms with E-state index in [4.69, 9.17) is 12.8 Å². The molecule has 0 aliphatic rings. The van der Waals surface area contributed by atoms with Gasteiger partial charge in [0.15, 0.2) is 0 Å². The molecule has 2 rings (SSSR count). The predicted molar refractivity (Wildman–Crippen MR) is 120 cm³/mol. The lowest BCUT2D eigenvalue weighted by Crippen LogP contribution is -2.33. The number of carboxylic acid groups (broad SMARTS) is 1. The molecule has 0 fully saturated rings. The van der Waals surface area contributed by atoms with Gasteiger partial charge in [0.25, 0.3) is 0 Å². The molecular weight excluding hydrogens is 360 g/mol. The first-order chi connectivity index (χ1) is 13.9. The molecular formula is C25H28N2O2. The fourth-order valence-electron chi connectivity index (χ4n) is 3.14. The summed E-state index contributed by atoms with van der Waals surface area (Å²) in [4.78, 5) is 12.2. The second kappa shape index (κ2) is 9.71. The summed E-state index contributed by atoms with van der Waals surface area (Å²) in [6.07, 6.45) is 12.6. The lowest BCUT2D eigenvalue weighted by atomic mass is 9.76. The monoisotopic (exact) mass is 388 g/mol. The fourth-order valence-corrected chi connectivity index (χ4v) is 3.14. The maximum absolute atomic E-state index is 12.2. The fraction of sp³-hybridized carbons (Fsp3) is 0.320. The predicted octanol–water partition coefficient (Wildman–Crippen LogP) is 4.72. The van der Waals surface area contributed by atoms with Crippen molar-refractivity contribution in [2.45, 2.75) is 51.1 Å². The summed E-state index contributed by atoms with van der Waals surface area (Å²) < 4.78 is 0. The highest BCUT2D eigenvalue weighted by Gasteiger charge is 2.37. The van der Waals surface area contributed by atoms with E-state index in [1.807, 2.05) is 62.4 Å². The Morgan fingerprint density at radius 1 is 0.897 bits per heavy atom. The number of anilines is 2. The molecule has 0 saturated heterocycles. The smallest absolute Gasteiger partial charge is 0.318 e. The van der Waals surface area contributed by atoms with Gasteiger partial charge in [0.2, 0.25) is 0 Å². The van der Waals surface area contributed by atoms with Crippen LogP contribution in [0.1, 0.15) is 44.7 Å². The van der Waals surface area contributed by atoms with Crippen molar-refractivity contribution in [1.29, 1.82) is 0 Å². The summed E-state index contributed by atoms with van der Waals surface area (Å²) in [6.45, 7) is 5.74. The highest BCUT2D eigenvalue weighted by atomic mass is 16.4. The molecule has 0 aromatic heterocycles. The highest BCUT2D eigenvalue weighted by molar-refractivity contribution is 5.86. The molecule has 150 valence electrons. The number of carbonyl (C=O) groups is 1. The van der Waals surface area contributed by atoms with Gasteiger partial charge in [-0.15, -0.1) is 12.8 Å². The van der Waals surface area contributed by atoms with Crippen LogP contribution in [0.2, 0.25) is 0 Å². The van der Waals surface area contributed by atoms with Gasteiger partial charge in [-0.2, -0.15) is 0 Å². The summed E-state index contributed by atoms with van der Waals surface area (Å²) in [5.41, 5.74) is 1.94. The maximum atomic E-state index is 12.2. The standard InChI is InChI=1S/C25H28N2O2/c1-6-20(7-2)26-22-14-10-18(11-15-22)25(5,24(28)29)19-12-16-23(17-13-19)27-21(8-3)9-4/h1,3,10-17,20-21,26-27H,7,9H2,2,4-5H3,(H,28,29). The van der Waals surface area contributed by atoms with Gasteiger partial charge in [-0.05, 0) is 55.2 Å². The molecule has 2 unspecified atom stereocenters. The van der Waals surface area contributed by atoms with Crippen molar-refractivity contribution in [3.05, 3.63) is 59.7 Å². The average Bonchev–Trinajstić information content (AvgIpc) is 2.75. The lowest BCUT2D eigenvalue weighted by Gasteiger charge is -2.27. The van der Waals surface area contributed by atoms with Gasteiger partial charge < -0.3 is 15.7 Å². The molecule has 0 bridgehead atoms. The van der Waals surface area contributed by atoms with E-state index in [2.05, 4.69) is 22.5 Å². The van der Waals surface area contributed by atoms with E-state index in [9.17, 15) is 9.90 Å². The summed E-state index contributed by atoms with van der Waals surface area (Å²) in [6, 6.07) is 14.7. The van der Waals surface area contributed by atoms with Crippen LogP contribution in [0.4, 0.5) is 11.4 Å². The Bertz CT molecular complexity index is 834. The third-order valence-corrected chi connectivity index (χ3v) is 5.25. The molecule has 0 amide bonds. The topological polar surface area (TPSA) is 61.4 Å². The second-order valence-corrected chi connectivity index (χ2v) is 7.13. The zero-order valence-electron chi connectivity index (χ0n) is 17.2. The number of rotatable bonds is 9. The van der Waals surface area contributed by atoms with Crippen LogP contribution in [-0.2, 0) is 10.2 Å². The van der Waals surface area contributed by atoms with Crippen LogP contribution in [0.5, 0.6) is 0 Å². The van der Waals surface area contributed by atoms with Crippen molar-refractivity contribution in [1.82, 2.24) is 0 Å². The first kappa shape index (κ1) is 21.9. The number of terminal acetylenes is 2. The number of hydrogen-bond donors (Lipinski definition) is 3. The van der Waals surface area contributed by atoms with Gasteiger partial charge in [0, 0.05) is 11.4 Å². The number of hydrogen-bond acceptors (Lipinski definition) is 3. The van der Waals surface area contributed by atoms with E-state index in [1.165, 1.54) is 0 Å². The van der Waals surface area contributed by atoms with Crippen molar-refractivity contribution in [3.63, 3.8) is 0 Å². The van der Waals surface area contributed by atoms with Gasteiger partial charge >= 0.3 is 5.97 Å². The van der Waals surface area contributed by atoms with Crippen molar-refractivity contribution >= 4 is 17.3 Å². The number of carboxylic acids is 1. The van der Waals surface area contributed by atoms with Crippen LogP contribution in [0.25, 0.3) is 0 Å². The summed E-state index contributed by atoms with van der Waals surface area (Å²) >= 11 is 0. The normalized spacial score (nSPS) is 14.5. The van der Waals surface area contributed by atoms with Crippen molar-refractivity contribution in [2.24, 2.45) is 0 Å². The largest absolute Gasteiger partial charge is 0.480 e. The SMILES string of the molecule is C#CC(CC)Nc1ccc(C(C)(C(=O)O)c2ccc(NC(C#C)CC)cc2)cc1. The van der Waals surface area contributed by atoms with E-state index in [1.54, 1.807) is 6.92 Å². The third-order valence-electron chi connectivity index (χ3n) is 5.25. The first-order valence-corrected chi connectivity index (χ1v) is 9.78. The molecule has 0 heterocycles. The number of aliphatic carboxylic acids is 1. The van der Waals surface area contributed by atoms with Crippen LogP contribution < -0.4 is 10.6 Å². The van der Waals surface area contributed by atoms with Crippen molar-refractivity contribution in [2.75, 3.05) is 10.6 Å². The van der Waals surface area contributed by atoms with E-state index in [0.717, 1.165) is 24.2 Å². The molecule has 0 aliphatic heterocycles. The third kappa shape index (κ3) is 4.92. The van der Waals surface area contributed by atoms with E-state index in [-0.39, 0.29) is 12.1 Å². The van der Waals surface area contributed by atoms with Gasteiger partial charge in [-0.1, -0.05) is 50.0 Å². The van der Waals surface area contributed by atoms with E-state index < -0.39 is 11.4 Å². The Kier molecular flexibility index (Phi) is 7.34. The molecule has 3 N–H and O–H groups in total. The van der Waals surface area contributed by atoms with Gasteiger partial charge in [-0.3, -0.25) is 4.79 Å². The van der Waals surface area contributed by atoms with E-state index in [0.29, 0.717) is 11.1 Å². The number of nitrogens with one attached hydrogen (secondary N) is 2. The number of benzene rings is 2. The Balaban J connectivity index is 2.31. The molecule has 0 saturated carbocycles. The Hall–Kier alpha value is -3.37. The second-order valence-electron chi connectivity index (χ2n) is 7.13. The molecule has 2 aromatic carbocycles. The zero-order valence-corrected chi connectivity index (χ0v) is 17.2. The summed E-state index contributed by atoms with van der Waals surface area (Å²) in [5.74, 6) is 4.47. The quantitative estimate of drug-likeness (QED) is 0.544. The average molecular weight is 389 g/mol. The molecule has 29 heavy (non-hydrogen) atoms. The van der Waals surface area contributed by atoms with Crippen LogP contribution in [0.3, 0.4) is 0 Å². The summed E-state index contributed by atoms with van der Waals surface area (Å²) in [7, 11) is 0. The molecule has 0 aliphatic carbocycles. The molecule has 2 atom stereocenters. The zero-order chi connectivity index (χ0) is 21.4. The molecule has 0 radical (unpaired) electrons. The molecule has 4 nitrogen and oxygen atoms in total.